The number of hydrogen-bond donors (Lipinski definition) is 0. The minimum atomic E-state index is -0.0977. The van der Waals surface area contributed by atoms with Gasteiger partial charge in [0.25, 0.3) is 0 Å². The first-order valence-electron chi connectivity index (χ1n) is 15.4. The van der Waals surface area contributed by atoms with Crippen molar-refractivity contribution in [3.8, 4) is 0 Å². The second kappa shape index (κ2) is 31.4. The summed E-state index contributed by atoms with van der Waals surface area (Å²) in [6.07, 6.45) is 30.1. The zero-order chi connectivity index (χ0) is 25.5. The molecular weight excluding hydrogens is 436 g/mol. The van der Waals surface area contributed by atoms with Crippen LogP contribution >= 0.6 is 0 Å². The van der Waals surface area contributed by atoms with Gasteiger partial charge in [-0.25, -0.2) is 0 Å². The molecule has 0 bridgehead atoms. The van der Waals surface area contributed by atoms with E-state index < -0.39 is 0 Å². The molecule has 4 nitrogen and oxygen atoms in total. The Labute approximate surface area is 219 Å². The number of hydrogen-bond acceptors (Lipinski definition) is 4. The van der Waals surface area contributed by atoms with Gasteiger partial charge in [0.1, 0.15) is 0 Å². The second-order valence-electron chi connectivity index (χ2n) is 9.97. The van der Waals surface area contributed by atoms with Gasteiger partial charge in [-0.2, -0.15) is 0 Å². The molecule has 0 heterocycles. The summed E-state index contributed by atoms with van der Waals surface area (Å²) >= 11 is 0. The molecule has 0 spiro atoms. The summed E-state index contributed by atoms with van der Waals surface area (Å²) in [5, 5.41) is 0. The Hall–Kier alpha value is -0.580. The Morgan fingerprint density at radius 1 is 0.514 bits per heavy atom. The number of ether oxygens (including phenoxy) is 4. The van der Waals surface area contributed by atoms with Gasteiger partial charge >= 0.3 is 0 Å². The van der Waals surface area contributed by atoms with E-state index in [2.05, 4.69) is 26.8 Å². The fourth-order valence-corrected chi connectivity index (χ4v) is 4.09. The summed E-state index contributed by atoms with van der Waals surface area (Å²) in [6, 6.07) is 0. The first kappa shape index (κ1) is 34.4. The quantitative estimate of drug-likeness (QED) is 0.0560. The van der Waals surface area contributed by atoms with Crippen molar-refractivity contribution in [2.75, 3.05) is 26.6 Å². The molecule has 4 heteroatoms. The van der Waals surface area contributed by atoms with E-state index in [1.807, 2.05) is 0 Å². The minimum absolute atomic E-state index is 0.0977. The first-order valence-corrected chi connectivity index (χ1v) is 15.4. The molecule has 0 aromatic rings. The number of rotatable bonds is 30. The molecule has 0 aromatic carbocycles. The Morgan fingerprint density at radius 3 is 1.43 bits per heavy atom. The van der Waals surface area contributed by atoms with Crippen molar-refractivity contribution in [1.29, 1.82) is 0 Å². The van der Waals surface area contributed by atoms with Gasteiger partial charge in [0.2, 0.25) is 0 Å². The van der Waals surface area contributed by atoms with E-state index in [9.17, 15) is 0 Å². The molecule has 0 aliphatic carbocycles. The van der Waals surface area contributed by atoms with Crippen molar-refractivity contribution in [2.45, 2.75) is 162 Å². The fraction of sp³-hybridized carbons (Fsp3) is 0.935. The van der Waals surface area contributed by atoms with Crippen LogP contribution in [-0.2, 0) is 18.9 Å². The van der Waals surface area contributed by atoms with E-state index in [0.29, 0.717) is 6.79 Å². The molecule has 0 rings (SSSR count). The summed E-state index contributed by atoms with van der Waals surface area (Å²) in [7, 11) is 0. The lowest BCUT2D eigenvalue weighted by atomic mass is 10.1. The molecular formula is C31H62O4. The molecule has 35 heavy (non-hydrogen) atoms. The second-order valence-corrected chi connectivity index (χ2v) is 9.97. The highest BCUT2D eigenvalue weighted by atomic mass is 16.7. The van der Waals surface area contributed by atoms with Crippen molar-refractivity contribution < 1.29 is 18.9 Å². The lowest BCUT2D eigenvalue weighted by molar-refractivity contribution is -0.146. The third-order valence-corrected chi connectivity index (χ3v) is 6.41. The highest BCUT2D eigenvalue weighted by Crippen LogP contribution is 2.12. The first-order chi connectivity index (χ1) is 17.3. The molecule has 0 saturated carbocycles. The van der Waals surface area contributed by atoms with Gasteiger partial charge in [0.15, 0.2) is 13.1 Å². The van der Waals surface area contributed by atoms with Crippen molar-refractivity contribution in [1.82, 2.24) is 0 Å². The lowest BCUT2D eigenvalue weighted by Gasteiger charge is -2.18. The van der Waals surface area contributed by atoms with E-state index in [0.717, 1.165) is 51.9 Å². The van der Waals surface area contributed by atoms with Gasteiger partial charge in [-0.1, -0.05) is 124 Å². The lowest BCUT2D eigenvalue weighted by Crippen LogP contribution is -2.18. The third kappa shape index (κ3) is 29.5. The SMILES string of the molecule is CCCCCCCCCOCOC=CCCC(OCCCCCCCC)OCCCCCCCC. The van der Waals surface area contributed by atoms with Gasteiger partial charge in [-0.3, -0.25) is 0 Å². The summed E-state index contributed by atoms with van der Waals surface area (Å²) in [5.41, 5.74) is 0. The Balaban J connectivity index is 3.83. The Bertz CT molecular complexity index is 381. The molecule has 0 amide bonds. The average Bonchev–Trinajstić information content (AvgIpc) is 2.87. The molecule has 0 atom stereocenters. The van der Waals surface area contributed by atoms with Crippen molar-refractivity contribution >= 4 is 0 Å². The highest BCUT2D eigenvalue weighted by molar-refractivity contribution is 4.73. The van der Waals surface area contributed by atoms with Gasteiger partial charge in [-0.15, -0.1) is 0 Å². The van der Waals surface area contributed by atoms with E-state index in [4.69, 9.17) is 18.9 Å². The highest BCUT2D eigenvalue weighted by Gasteiger charge is 2.08. The van der Waals surface area contributed by atoms with Crippen LogP contribution in [0.2, 0.25) is 0 Å². The molecule has 0 N–H and O–H groups in total. The van der Waals surface area contributed by atoms with Crippen LogP contribution in [0.4, 0.5) is 0 Å². The van der Waals surface area contributed by atoms with Crippen molar-refractivity contribution in [3.05, 3.63) is 12.3 Å². The van der Waals surface area contributed by atoms with Crippen LogP contribution in [0.5, 0.6) is 0 Å². The van der Waals surface area contributed by atoms with Crippen LogP contribution in [-0.4, -0.2) is 32.9 Å². The zero-order valence-corrected chi connectivity index (χ0v) is 24.0. The van der Waals surface area contributed by atoms with Crippen LogP contribution in [0, 0.1) is 0 Å². The standard InChI is InChI=1S/C31H62O4/c1-4-7-10-13-16-17-21-26-32-30-33-27-24-20-25-31(34-28-22-18-14-11-8-5-2)35-29-23-19-15-12-9-6-3/h24,27,31H,4-23,25-26,28-30H2,1-3H3. The van der Waals surface area contributed by atoms with Gasteiger partial charge in [0, 0.05) is 19.6 Å². The molecule has 0 aliphatic heterocycles. The zero-order valence-electron chi connectivity index (χ0n) is 24.0. The van der Waals surface area contributed by atoms with E-state index in [-0.39, 0.29) is 6.29 Å². The van der Waals surface area contributed by atoms with Crippen LogP contribution < -0.4 is 0 Å². The fourth-order valence-electron chi connectivity index (χ4n) is 4.09. The van der Waals surface area contributed by atoms with Gasteiger partial charge in [0.05, 0.1) is 12.9 Å². The van der Waals surface area contributed by atoms with Crippen LogP contribution in [0.25, 0.3) is 0 Å². The molecule has 0 aliphatic rings. The largest absolute Gasteiger partial charge is 0.475 e. The third-order valence-electron chi connectivity index (χ3n) is 6.41. The molecule has 210 valence electrons. The predicted octanol–water partition coefficient (Wildman–Crippen LogP) is 10.1. The minimum Gasteiger partial charge on any atom is -0.475 e. The summed E-state index contributed by atoms with van der Waals surface area (Å²) in [5.74, 6) is 0. The molecule has 0 radical (unpaired) electrons. The monoisotopic (exact) mass is 498 g/mol. The molecule has 0 aromatic heterocycles. The van der Waals surface area contributed by atoms with Crippen LogP contribution in [0.1, 0.15) is 156 Å². The molecule has 0 saturated heterocycles. The van der Waals surface area contributed by atoms with Gasteiger partial charge in [-0.05, 0) is 31.8 Å². The van der Waals surface area contributed by atoms with E-state index in [1.54, 1.807) is 6.26 Å². The summed E-state index contributed by atoms with van der Waals surface area (Å²) in [4.78, 5) is 0. The van der Waals surface area contributed by atoms with Crippen molar-refractivity contribution in [2.24, 2.45) is 0 Å². The van der Waals surface area contributed by atoms with Gasteiger partial charge < -0.3 is 18.9 Å². The normalized spacial score (nSPS) is 11.8. The maximum Gasteiger partial charge on any atom is 0.188 e. The maximum atomic E-state index is 6.09. The smallest absolute Gasteiger partial charge is 0.188 e. The number of unbranched alkanes of at least 4 members (excludes halogenated alkanes) is 16. The van der Waals surface area contributed by atoms with Crippen LogP contribution in [0.15, 0.2) is 12.3 Å². The Morgan fingerprint density at radius 2 is 0.943 bits per heavy atom. The summed E-state index contributed by atoms with van der Waals surface area (Å²) < 4.78 is 23.2. The van der Waals surface area contributed by atoms with E-state index >= 15 is 0 Å². The van der Waals surface area contributed by atoms with Crippen molar-refractivity contribution in [3.63, 3.8) is 0 Å². The predicted molar refractivity (Wildman–Crippen MR) is 151 cm³/mol. The summed E-state index contributed by atoms with van der Waals surface area (Å²) in [6.45, 7) is 9.54. The number of allylic oxidation sites excluding steroid dienone is 1. The van der Waals surface area contributed by atoms with E-state index in [1.165, 1.54) is 103 Å². The topological polar surface area (TPSA) is 36.9 Å². The van der Waals surface area contributed by atoms with Crippen LogP contribution in [0.3, 0.4) is 0 Å². The molecule has 0 unspecified atom stereocenters. The average molecular weight is 499 g/mol. The molecule has 0 fully saturated rings. The maximum absolute atomic E-state index is 6.09. The Kier molecular flexibility index (Phi) is 30.9.